The third kappa shape index (κ3) is 3.60. The van der Waals surface area contributed by atoms with Crippen LogP contribution in [-0.4, -0.2) is 27.9 Å². The van der Waals surface area contributed by atoms with E-state index in [1.165, 1.54) is 12.1 Å². The summed E-state index contributed by atoms with van der Waals surface area (Å²) >= 11 is 3.24. The van der Waals surface area contributed by atoms with Crippen molar-refractivity contribution in [3.05, 3.63) is 27.7 Å². The van der Waals surface area contributed by atoms with Crippen LogP contribution in [0.2, 0.25) is 0 Å². The third-order valence-electron chi connectivity index (χ3n) is 2.95. The van der Waals surface area contributed by atoms with Crippen LogP contribution in [0, 0.1) is 5.41 Å². The van der Waals surface area contributed by atoms with Crippen molar-refractivity contribution in [1.29, 1.82) is 0 Å². The molecule has 0 fully saturated rings. The van der Waals surface area contributed by atoms with Gasteiger partial charge in [0.05, 0.1) is 0 Å². The Morgan fingerprint density at radius 1 is 1.47 bits per heavy atom. The molecule has 0 unspecified atom stereocenters. The first kappa shape index (κ1) is 18.2. The Morgan fingerprint density at radius 3 is 2.42 bits per heavy atom. The fourth-order valence-electron chi connectivity index (χ4n) is 1.54. The smallest absolute Gasteiger partial charge is 0.339 e. The lowest BCUT2D eigenvalue weighted by molar-refractivity contribution is 0.0693. The van der Waals surface area contributed by atoms with Gasteiger partial charge in [-0.2, -0.15) is 0 Å². The van der Waals surface area contributed by atoms with E-state index >= 15 is 0 Å². The van der Waals surface area contributed by atoms with Gasteiger partial charge in [0.2, 0.25) is 0 Å². The molecule has 5 N–H and O–H groups in total. The highest BCUT2D eigenvalue weighted by molar-refractivity contribution is 9.10. The van der Waals surface area contributed by atoms with Gasteiger partial charge in [-0.15, -0.1) is 12.4 Å². The molecule has 0 amide bonds. The molecule has 1 atom stereocenters. The molecular formula is C12H17BrClNO4. The number of carboxylic acid groups (broad SMARTS) is 1. The summed E-state index contributed by atoms with van der Waals surface area (Å²) in [5.41, 5.74) is 5.40. The van der Waals surface area contributed by atoms with Crippen LogP contribution in [0.5, 0.6) is 5.75 Å². The van der Waals surface area contributed by atoms with Gasteiger partial charge in [-0.05, 0) is 12.1 Å². The highest BCUT2D eigenvalue weighted by Gasteiger charge is 2.32. The van der Waals surface area contributed by atoms with Gasteiger partial charge in [-0.1, -0.05) is 29.8 Å². The van der Waals surface area contributed by atoms with Crippen LogP contribution in [-0.2, 0) is 0 Å². The van der Waals surface area contributed by atoms with Crippen molar-refractivity contribution >= 4 is 34.3 Å². The van der Waals surface area contributed by atoms with Crippen LogP contribution in [0.15, 0.2) is 16.6 Å². The van der Waals surface area contributed by atoms with Gasteiger partial charge in [0.25, 0.3) is 0 Å². The van der Waals surface area contributed by atoms with Crippen LogP contribution >= 0.6 is 28.3 Å². The Balaban J connectivity index is 0.00000324. The molecule has 0 aliphatic carbocycles. The number of aliphatic hydroxyl groups excluding tert-OH is 1. The SMILES string of the molecule is CC(C)(CO)[C@@H](N)c1c(Br)ccc(C(=O)O)c1O.Cl. The number of carboxylic acids is 1. The van der Waals surface area contributed by atoms with Gasteiger partial charge in [0.1, 0.15) is 11.3 Å². The third-order valence-corrected chi connectivity index (χ3v) is 3.65. The monoisotopic (exact) mass is 353 g/mol. The van der Waals surface area contributed by atoms with Gasteiger partial charge >= 0.3 is 5.97 Å². The van der Waals surface area contributed by atoms with E-state index in [0.29, 0.717) is 4.47 Å². The summed E-state index contributed by atoms with van der Waals surface area (Å²) in [6.07, 6.45) is 0. The average molecular weight is 355 g/mol. The highest BCUT2D eigenvalue weighted by Crippen LogP contribution is 2.41. The molecule has 108 valence electrons. The highest BCUT2D eigenvalue weighted by atomic mass is 79.9. The number of nitrogens with two attached hydrogens (primary N) is 1. The Labute approximate surface area is 126 Å². The first-order chi connectivity index (χ1) is 8.22. The van der Waals surface area contributed by atoms with Crippen LogP contribution in [0.25, 0.3) is 0 Å². The number of rotatable bonds is 4. The quantitative estimate of drug-likeness (QED) is 0.664. The van der Waals surface area contributed by atoms with E-state index in [0.717, 1.165) is 0 Å². The van der Waals surface area contributed by atoms with E-state index in [2.05, 4.69) is 15.9 Å². The van der Waals surface area contributed by atoms with Crippen LogP contribution in [0.4, 0.5) is 0 Å². The minimum atomic E-state index is -1.23. The predicted molar refractivity (Wildman–Crippen MR) is 77.8 cm³/mol. The fourth-order valence-corrected chi connectivity index (χ4v) is 2.11. The molecule has 0 bridgehead atoms. The largest absolute Gasteiger partial charge is 0.507 e. The number of carbonyl (C=O) groups is 1. The summed E-state index contributed by atoms with van der Waals surface area (Å²) in [6, 6.07) is 2.12. The van der Waals surface area contributed by atoms with E-state index in [-0.39, 0.29) is 35.9 Å². The van der Waals surface area contributed by atoms with Gasteiger partial charge in [0, 0.05) is 28.1 Å². The van der Waals surface area contributed by atoms with Crippen molar-refractivity contribution in [2.45, 2.75) is 19.9 Å². The number of hydrogen-bond acceptors (Lipinski definition) is 4. The van der Waals surface area contributed by atoms with E-state index in [9.17, 15) is 15.0 Å². The van der Waals surface area contributed by atoms with Crippen LogP contribution < -0.4 is 5.73 Å². The predicted octanol–water partition coefficient (Wildman–Crippen LogP) is 2.29. The Morgan fingerprint density at radius 2 is 2.00 bits per heavy atom. The van der Waals surface area contributed by atoms with Crippen molar-refractivity contribution in [3.8, 4) is 5.75 Å². The Hall–Kier alpha value is -0.820. The summed E-state index contributed by atoms with van der Waals surface area (Å²) in [5, 5.41) is 28.2. The number of benzene rings is 1. The molecule has 5 nitrogen and oxygen atoms in total. The van der Waals surface area contributed by atoms with Crippen molar-refractivity contribution in [1.82, 2.24) is 0 Å². The molecule has 0 saturated heterocycles. The summed E-state index contributed by atoms with van der Waals surface area (Å²) in [6.45, 7) is 3.28. The van der Waals surface area contributed by atoms with Crippen molar-refractivity contribution in [3.63, 3.8) is 0 Å². The lowest BCUT2D eigenvalue weighted by Crippen LogP contribution is -2.33. The van der Waals surface area contributed by atoms with Crippen molar-refractivity contribution in [2.75, 3.05) is 6.61 Å². The summed E-state index contributed by atoms with van der Waals surface area (Å²) in [4.78, 5) is 11.0. The molecule has 1 aromatic carbocycles. The second kappa shape index (κ2) is 6.56. The number of hydrogen-bond donors (Lipinski definition) is 4. The first-order valence-electron chi connectivity index (χ1n) is 5.33. The minimum absolute atomic E-state index is 0. The van der Waals surface area contributed by atoms with E-state index in [1.54, 1.807) is 13.8 Å². The Bertz CT molecular complexity index is 479. The van der Waals surface area contributed by atoms with Gasteiger partial charge in [-0.25, -0.2) is 4.79 Å². The number of aliphatic hydroxyl groups is 1. The number of aromatic hydroxyl groups is 1. The maximum absolute atomic E-state index is 11.0. The normalized spacial score (nSPS) is 12.7. The van der Waals surface area contributed by atoms with Crippen LogP contribution in [0.3, 0.4) is 0 Å². The molecule has 0 aliphatic heterocycles. The molecule has 0 aromatic heterocycles. The summed E-state index contributed by atoms with van der Waals surface area (Å²) in [5.74, 6) is -1.60. The number of halogens is 2. The second-order valence-corrected chi connectivity index (χ2v) is 5.64. The van der Waals surface area contributed by atoms with Crippen molar-refractivity contribution < 1.29 is 20.1 Å². The zero-order valence-electron chi connectivity index (χ0n) is 10.6. The maximum Gasteiger partial charge on any atom is 0.339 e. The number of aromatic carboxylic acids is 1. The lowest BCUT2D eigenvalue weighted by Gasteiger charge is -2.31. The van der Waals surface area contributed by atoms with Crippen LogP contribution in [0.1, 0.15) is 35.8 Å². The molecule has 1 rings (SSSR count). The molecule has 1 aromatic rings. The van der Waals surface area contributed by atoms with E-state index in [1.807, 2.05) is 0 Å². The lowest BCUT2D eigenvalue weighted by atomic mass is 9.81. The molecule has 7 heteroatoms. The first-order valence-corrected chi connectivity index (χ1v) is 6.12. The molecular weight excluding hydrogens is 337 g/mol. The van der Waals surface area contributed by atoms with Crippen molar-refractivity contribution in [2.24, 2.45) is 11.1 Å². The minimum Gasteiger partial charge on any atom is -0.507 e. The topological polar surface area (TPSA) is 104 Å². The number of phenols is 1. The van der Waals surface area contributed by atoms with E-state index in [4.69, 9.17) is 10.8 Å². The zero-order chi connectivity index (χ0) is 14.1. The molecule has 0 radical (unpaired) electrons. The van der Waals surface area contributed by atoms with E-state index < -0.39 is 17.4 Å². The summed E-state index contributed by atoms with van der Waals surface area (Å²) < 4.78 is 0.513. The van der Waals surface area contributed by atoms with Gasteiger partial charge < -0.3 is 21.1 Å². The maximum atomic E-state index is 11.0. The summed E-state index contributed by atoms with van der Waals surface area (Å²) in [7, 11) is 0. The molecule has 0 heterocycles. The molecule has 0 aliphatic rings. The molecule has 0 saturated carbocycles. The Kier molecular flexibility index (Phi) is 6.28. The zero-order valence-corrected chi connectivity index (χ0v) is 13.0. The molecule has 0 spiro atoms. The second-order valence-electron chi connectivity index (χ2n) is 4.79. The van der Waals surface area contributed by atoms with Gasteiger partial charge in [-0.3, -0.25) is 0 Å². The molecule has 19 heavy (non-hydrogen) atoms. The van der Waals surface area contributed by atoms with Gasteiger partial charge in [0.15, 0.2) is 0 Å². The fraction of sp³-hybridized carbons (Fsp3) is 0.417. The average Bonchev–Trinajstić information content (AvgIpc) is 2.28. The standard InChI is InChI=1S/C12H16BrNO4.ClH/c1-12(2,5-15)10(14)8-7(13)4-3-6(9(8)16)11(17)18;/h3-4,10,15-16H,5,14H2,1-2H3,(H,17,18);1H/t10-;/m0./s1.